The summed E-state index contributed by atoms with van der Waals surface area (Å²) in [5.41, 5.74) is 6.06. The largest absolute Gasteiger partial charge is 0.341 e. The highest BCUT2D eigenvalue weighted by molar-refractivity contribution is 5.85. The summed E-state index contributed by atoms with van der Waals surface area (Å²) in [4.78, 5) is 14.5. The van der Waals surface area contributed by atoms with Gasteiger partial charge in [-0.3, -0.25) is 4.79 Å². The highest BCUT2D eigenvalue weighted by Crippen LogP contribution is 2.55. The van der Waals surface area contributed by atoms with E-state index in [1.54, 1.807) is 0 Å². The molecule has 4 rings (SSSR count). The molecule has 4 aliphatic carbocycles. The van der Waals surface area contributed by atoms with Crippen LogP contribution in [0.15, 0.2) is 0 Å². The quantitative estimate of drug-likeness (QED) is 0.871. The number of halogens is 1. The Balaban J connectivity index is 0.00000147. The summed E-state index contributed by atoms with van der Waals surface area (Å²) < 4.78 is 0. The van der Waals surface area contributed by atoms with Gasteiger partial charge in [0.25, 0.3) is 0 Å². The molecular weight excluding hydrogens is 272 g/mol. The van der Waals surface area contributed by atoms with Crippen molar-refractivity contribution in [3.05, 3.63) is 0 Å². The van der Waals surface area contributed by atoms with E-state index >= 15 is 0 Å². The van der Waals surface area contributed by atoms with Gasteiger partial charge in [-0.1, -0.05) is 13.8 Å². The van der Waals surface area contributed by atoms with Gasteiger partial charge in [-0.25, -0.2) is 0 Å². The summed E-state index contributed by atoms with van der Waals surface area (Å²) in [6, 6.07) is 0.146. The van der Waals surface area contributed by atoms with Crippen LogP contribution in [0.3, 0.4) is 0 Å². The lowest BCUT2D eigenvalue weighted by atomic mass is 9.54. The predicted molar refractivity (Wildman–Crippen MR) is 83.7 cm³/mol. The molecule has 4 heteroatoms. The first kappa shape index (κ1) is 16.1. The number of hydrogen-bond acceptors (Lipinski definition) is 2. The molecular formula is C16H29ClN2O. The Kier molecular flexibility index (Phi) is 4.70. The van der Waals surface area contributed by atoms with Gasteiger partial charge in [0.05, 0.1) is 6.04 Å². The number of hydrogen-bond donors (Lipinski definition) is 1. The fraction of sp³-hybridized carbons (Fsp3) is 0.938. The van der Waals surface area contributed by atoms with Crippen LogP contribution in [0.2, 0.25) is 0 Å². The molecule has 4 bridgehead atoms. The summed E-state index contributed by atoms with van der Waals surface area (Å²) in [7, 11) is 2.00. The molecule has 0 aromatic rings. The van der Waals surface area contributed by atoms with Crippen LogP contribution in [0, 0.1) is 29.6 Å². The maximum Gasteiger partial charge on any atom is 0.239 e. The van der Waals surface area contributed by atoms with E-state index in [1.165, 1.54) is 32.1 Å². The minimum atomic E-state index is -0.331. The Hall–Kier alpha value is -0.280. The Morgan fingerprint density at radius 3 is 1.90 bits per heavy atom. The van der Waals surface area contributed by atoms with Crippen LogP contribution < -0.4 is 5.73 Å². The standard InChI is InChI=1S/C16H28N2O.ClH/c1-9(2)14(17)16(19)18(3)15-12-5-10-4-11(7-12)8-13(15)6-10;/h9-15H,4-8,17H2,1-3H3;1H/t10?,11?,12?,13?,14-,15?;/m1./s1. The summed E-state index contributed by atoms with van der Waals surface area (Å²) >= 11 is 0. The van der Waals surface area contributed by atoms with E-state index in [2.05, 4.69) is 0 Å². The first-order valence-electron chi connectivity index (χ1n) is 7.99. The molecule has 1 amide bonds. The summed E-state index contributed by atoms with van der Waals surface area (Å²) in [6.07, 6.45) is 6.87. The molecule has 4 fully saturated rings. The normalized spacial score (nSPS) is 39.5. The maximum absolute atomic E-state index is 12.5. The van der Waals surface area contributed by atoms with Gasteiger partial charge in [0, 0.05) is 13.1 Å². The highest BCUT2D eigenvalue weighted by Gasteiger charge is 2.50. The Morgan fingerprint density at radius 2 is 1.50 bits per heavy atom. The Bertz CT molecular complexity index is 343. The van der Waals surface area contributed by atoms with E-state index in [0.717, 1.165) is 23.7 Å². The zero-order valence-corrected chi connectivity index (χ0v) is 13.7. The molecule has 0 radical (unpaired) electrons. The second-order valence-corrected chi connectivity index (χ2v) is 7.64. The second kappa shape index (κ2) is 5.84. The van der Waals surface area contributed by atoms with Crippen LogP contribution in [-0.2, 0) is 4.79 Å². The van der Waals surface area contributed by atoms with Crippen molar-refractivity contribution < 1.29 is 4.79 Å². The van der Waals surface area contributed by atoms with E-state index in [-0.39, 0.29) is 30.3 Å². The zero-order chi connectivity index (χ0) is 13.7. The number of amides is 1. The molecule has 0 heterocycles. The summed E-state index contributed by atoms with van der Waals surface area (Å²) in [5, 5.41) is 0. The minimum absolute atomic E-state index is 0. The van der Waals surface area contributed by atoms with Crippen LogP contribution in [0.1, 0.15) is 46.0 Å². The van der Waals surface area contributed by atoms with Crippen molar-refractivity contribution in [1.29, 1.82) is 0 Å². The van der Waals surface area contributed by atoms with E-state index in [1.807, 2.05) is 25.8 Å². The molecule has 0 aromatic carbocycles. The van der Waals surface area contributed by atoms with Gasteiger partial charge in [0.2, 0.25) is 5.91 Å². The van der Waals surface area contributed by atoms with E-state index in [9.17, 15) is 4.79 Å². The van der Waals surface area contributed by atoms with Gasteiger partial charge in [-0.2, -0.15) is 0 Å². The third kappa shape index (κ3) is 2.59. The SMILES string of the molecule is CC(C)[C@@H](N)C(=O)N(C)C1C2CC3CC(C2)CC1C3.Cl. The van der Waals surface area contributed by atoms with Crippen molar-refractivity contribution in [3.8, 4) is 0 Å². The molecule has 116 valence electrons. The lowest BCUT2D eigenvalue weighted by Crippen LogP contribution is -2.59. The molecule has 3 nitrogen and oxygen atoms in total. The summed E-state index contributed by atoms with van der Waals surface area (Å²) in [5.74, 6) is 3.82. The Morgan fingerprint density at radius 1 is 1.05 bits per heavy atom. The van der Waals surface area contributed by atoms with Crippen LogP contribution in [0.4, 0.5) is 0 Å². The molecule has 0 saturated heterocycles. The topological polar surface area (TPSA) is 46.3 Å². The van der Waals surface area contributed by atoms with Crippen LogP contribution in [0.5, 0.6) is 0 Å². The number of carbonyl (C=O) groups excluding carboxylic acids is 1. The van der Waals surface area contributed by atoms with Crippen molar-refractivity contribution in [3.63, 3.8) is 0 Å². The molecule has 0 aliphatic heterocycles. The first-order chi connectivity index (χ1) is 8.97. The van der Waals surface area contributed by atoms with E-state index in [4.69, 9.17) is 5.73 Å². The minimum Gasteiger partial charge on any atom is -0.341 e. The van der Waals surface area contributed by atoms with Crippen molar-refractivity contribution >= 4 is 18.3 Å². The van der Waals surface area contributed by atoms with Crippen molar-refractivity contribution in [1.82, 2.24) is 4.90 Å². The maximum atomic E-state index is 12.5. The third-order valence-electron chi connectivity index (χ3n) is 5.98. The van der Waals surface area contributed by atoms with Gasteiger partial charge in [-0.05, 0) is 61.7 Å². The van der Waals surface area contributed by atoms with E-state index in [0.29, 0.717) is 6.04 Å². The van der Waals surface area contributed by atoms with E-state index < -0.39 is 0 Å². The zero-order valence-electron chi connectivity index (χ0n) is 12.9. The number of nitrogens with zero attached hydrogens (tertiary/aromatic N) is 1. The molecule has 4 saturated carbocycles. The molecule has 0 spiro atoms. The summed E-state index contributed by atoms with van der Waals surface area (Å²) in [6.45, 7) is 4.07. The monoisotopic (exact) mass is 300 g/mol. The average Bonchev–Trinajstić information content (AvgIpc) is 2.35. The molecule has 0 unspecified atom stereocenters. The first-order valence-corrected chi connectivity index (χ1v) is 7.99. The molecule has 2 N–H and O–H groups in total. The lowest BCUT2D eigenvalue weighted by molar-refractivity contribution is -0.143. The smallest absolute Gasteiger partial charge is 0.239 e. The molecule has 4 aliphatic rings. The Labute approximate surface area is 129 Å². The van der Waals surface area contributed by atoms with Crippen LogP contribution >= 0.6 is 12.4 Å². The number of rotatable bonds is 3. The lowest BCUT2D eigenvalue weighted by Gasteiger charge is -2.56. The van der Waals surface area contributed by atoms with Crippen LogP contribution in [0.25, 0.3) is 0 Å². The van der Waals surface area contributed by atoms with Gasteiger partial charge < -0.3 is 10.6 Å². The third-order valence-corrected chi connectivity index (χ3v) is 5.98. The van der Waals surface area contributed by atoms with Gasteiger partial charge in [0.1, 0.15) is 0 Å². The molecule has 1 atom stereocenters. The molecule has 20 heavy (non-hydrogen) atoms. The van der Waals surface area contributed by atoms with Gasteiger partial charge >= 0.3 is 0 Å². The second-order valence-electron chi connectivity index (χ2n) is 7.64. The van der Waals surface area contributed by atoms with Crippen LogP contribution in [-0.4, -0.2) is 29.9 Å². The van der Waals surface area contributed by atoms with Crippen molar-refractivity contribution in [2.24, 2.45) is 35.3 Å². The van der Waals surface area contributed by atoms with Crippen molar-refractivity contribution in [2.45, 2.75) is 58.0 Å². The number of carbonyl (C=O) groups is 1. The number of likely N-dealkylation sites (N-methyl/N-ethyl adjacent to an activating group) is 1. The van der Waals surface area contributed by atoms with Crippen molar-refractivity contribution in [2.75, 3.05) is 7.05 Å². The fourth-order valence-corrected chi connectivity index (χ4v) is 5.20. The fourth-order valence-electron chi connectivity index (χ4n) is 5.20. The number of nitrogens with two attached hydrogens (primary N) is 1. The highest BCUT2D eigenvalue weighted by atomic mass is 35.5. The van der Waals surface area contributed by atoms with Gasteiger partial charge in [-0.15, -0.1) is 12.4 Å². The molecule has 0 aromatic heterocycles. The van der Waals surface area contributed by atoms with Gasteiger partial charge in [0.15, 0.2) is 0 Å². The predicted octanol–water partition coefficient (Wildman–Crippen LogP) is 2.67. The average molecular weight is 301 g/mol.